The highest BCUT2D eigenvalue weighted by Crippen LogP contribution is 2.34. The standard InChI is InChI=1S/C23H19ClN6O2/c24-19-11-12-20(25-13-19)28-22-21(30(31)32)23(27-16-26-22)29(14-17-7-3-1-4-8-17)15-18-9-5-2-6-10-18/h1-13,16H,14-15H2,(H,25,26,27,28). The Kier molecular flexibility index (Phi) is 6.52. The number of nitrogens with one attached hydrogen (secondary N) is 1. The summed E-state index contributed by atoms with van der Waals surface area (Å²) in [6.07, 6.45) is 2.76. The van der Waals surface area contributed by atoms with Crippen LogP contribution in [0.15, 0.2) is 85.3 Å². The maximum Gasteiger partial charge on any atom is 0.353 e. The molecule has 0 amide bonds. The average Bonchev–Trinajstić information content (AvgIpc) is 2.81. The van der Waals surface area contributed by atoms with Crippen molar-refractivity contribution in [3.05, 3.63) is 112 Å². The van der Waals surface area contributed by atoms with E-state index in [9.17, 15) is 10.1 Å². The van der Waals surface area contributed by atoms with Crippen LogP contribution in [0.25, 0.3) is 0 Å². The van der Waals surface area contributed by atoms with Gasteiger partial charge in [-0.1, -0.05) is 72.3 Å². The quantitative estimate of drug-likeness (QED) is 0.286. The van der Waals surface area contributed by atoms with E-state index < -0.39 is 4.92 Å². The lowest BCUT2D eigenvalue weighted by molar-refractivity contribution is -0.383. The maximum absolute atomic E-state index is 12.1. The molecular weight excluding hydrogens is 428 g/mol. The van der Waals surface area contributed by atoms with Crippen LogP contribution in [-0.4, -0.2) is 19.9 Å². The minimum absolute atomic E-state index is 0.0564. The first-order valence-electron chi connectivity index (χ1n) is 9.81. The van der Waals surface area contributed by atoms with E-state index in [1.165, 1.54) is 12.5 Å². The number of nitro groups is 1. The summed E-state index contributed by atoms with van der Waals surface area (Å²) in [6.45, 7) is 0.873. The third-order valence-electron chi connectivity index (χ3n) is 4.69. The van der Waals surface area contributed by atoms with Crippen molar-refractivity contribution in [2.24, 2.45) is 0 Å². The Labute approximate surface area is 189 Å². The number of anilines is 3. The summed E-state index contributed by atoms with van der Waals surface area (Å²) >= 11 is 5.89. The molecule has 9 heteroatoms. The summed E-state index contributed by atoms with van der Waals surface area (Å²) in [4.78, 5) is 26.1. The molecule has 2 heterocycles. The third kappa shape index (κ3) is 5.16. The molecule has 0 atom stereocenters. The molecule has 0 unspecified atom stereocenters. The Hall–Kier alpha value is -4.04. The largest absolute Gasteiger partial charge is 0.353 e. The van der Waals surface area contributed by atoms with E-state index in [1.807, 2.05) is 65.6 Å². The van der Waals surface area contributed by atoms with Crippen LogP contribution in [0.4, 0.5) is 23.1 Å². The number of hydrogen-bond donors (Lipinski definition) is 1. The van der Waals surface area contributed by atoms with E-state index in [0.29, 0.717) is 23.9 Å². The van der Waals surface area contributed by atoms with Gasteiger partial charge in [0.1, 0.15) is 12.1 Å². The van der Waals surface area contributed by atoms with Gasteiger partial charge in [0, 0.05) is 19.3 Å². The minimum Gasteiger partial charge on any atom is -0.342 e. The van der Waals surface area contributed by atoms with Crippen LogP contribution in [0.3, 0.4) is 0 Å². The first-order valence-corrected chi connectivity index (χ1v) is 10.2. The van der Waals surface area contributed by atoms with E-state index in [4.69, 9.17) is 11.6 Å². The lowest BCUT2D eigenvalue weighted by atomic mass is 10.1. The molecule has 2 aromatic heterocycles. The van der Waals surface area contributed by atoms with Crippen LogP contribution in [0.5, 0.6) is 0 Å². The van der Waals surface area contributed by atoms with Gasteiger partial charge in [0.2, 0.25) is 11.6 Å². The highest BCUT2D eigenvalue weighted by molar-refractivity contribution is 6.30. The van der Waals surface area contributed by atoms with Gasteiger partial charge in [-0.25, -0.2) is 15.0 Å². The van der Waals surface area contributed by atoms with Gasteiger partial charge in [-0.15, -0.1) is 0 Å². The lowest BCUT2D eigenvalue weighted by Crippen LogP contribution is -2.24. The first kappa shape index (κ1) is 21.2. The van der Waals surface area contributed by atoms with E-state index in [2.05, 4.69) is 20.3 Å². The summed E-state index contributed by atoms with van der Waals surface area (Å²) in [5.41, 5.74) is 1.78. The van der Waals surface area contributed by atoms with Gasteiger partial charge in [0.05, 0.1) is 9.95 Å². The Bertz CT molecular complexity index is 1150. The molecule has 0 bridgehead atoms. The van der Waals surface area contributed by atoms with Gasteiger partial charge in [0.15, 0.2) is 0 Å². The van der Waals surface area contributed by atoms with Gasteiger partial charge in [0.25, 0.3) is 0 Å². The van der Waals surface area contributed by atoms with E-state index in [-0.39, 0.29) is 17.3 Å². The fraction of sp³-hybridized carbons (Fsp3) is 0.0870. The van der Waals surface area contributed by atoms with Crippen LogP contribution in [0, 0.1) is 10.1 Å². The summed E-state index contributed by atoms with van der Waals surface area (Å²) < 4.78 is 0. The van der Waals surface area contributed by atoms with E-state index in [1.54, 1.807) is 12.1 Å². The number of halogens is 1. The zero-order chi connectivity index (χ0) is 22.3. The van der Waals surface area contributed by atoms with Gasteiger partial charge < -0.3 is 10.2 Å². The summed E-state index contributed by atoms with van der Waals surface area (Å²) in [5.74, 6) is 0.662. The normalized spacial score (nSPS) is 10.5. The summed E-state index contributed by atoms with van der Waals surface area (Å²) in [7, 11) is 0. The van der Waals surface area contributed by atoms with Crippen LogP contribution < -0.4 is 10.2 Å². The Morgan fingerprint density at radius 3 is 2.03 bits per heavy atom. The van der Waals surface area contributed by atoms with Crippen molar-refractivity contribution >= 4 is 34.7 Å². The van der Waals surface area contributed by atoms with Crippen LogP contribution in [-0.2, 0) is 13.1 Å². The molecule has 4 rings (SSSR count). The molecule has 2 aromatic carbocycles. The Balaban J connectivity index is 1.75. The number of pyridine rings is 1. The molecule has 0 saturated carbocycles. The second kappa shape index (κ2) is 9.84. The monoisotopic (exact) mass is 446 g/mol. The number of aromatic nitrogens is 3. The molecule has 0 spiro atoms. The number of nitrogens with zero attached hydrogens (tertiary/aromatic N) is 5. The van der Waals surface area contributed by atoms with Gasteiger partial charge in [-0.05, 0) is 23.3 Å². The molecule has 160 valence electrons. The number of benzene rings is 2. The highest BCUT2D eigenvalue weighted by atomic mass is 35.5. The molecule has 0 aliphatic rings. The molecule has 0 aliphatic carbocycles. The number of hydrogen-bond acceptors (Lipinski definition) is 7. The lowest BCUT2D eigenvalue weighted by Gasteiger charge is -2.24. The highest BCUT2D eigenvalue weighted by Gasteiger charge is 2.27. The van der Waals surface area contributed by atoms with Gasteiger partial charge in [-0.3, -0.25) is 10.1 Å². The third-order valence-corrected chi connectivity index (χ3v) is 4.92. The minimum atomic E-state index is -0.476. The molecule has 0 fully saturated rings. The second-order valence-electron chi connectivity index (χ2n) is 6.97. The fourth-order valence-electron chi connectivity index (χ4n) is 3.24. The van der Waals surface area contributed by atoms with Crippen molar-refractivity contribution < 1.29 is 4.92 Å². The summed E-state index contributed by atoms with van der Waals surface area (Å²) in [5, 5.41) is 15.5. The fourth-order valence-corrected chi connectivity index (χ4v) is 3.36. The van der Waals surface area contributed by atoms with Crippen molar-refractivity contribution in [2.45, 2.75) is 13.1 Å². The smallest absolute Gasteiger partial charge is 0.342 e. The second-order valence-corrected chi connectivity index (χ2v) is 7.40. The van der Waals surface area contributed by atoms with Crippen molar-refractivity contribution in [2.75, 3.05) is 10.2 Å². The van der Waals surface area contributed by atoms with Crippen LogP contribution >= 0.6 is 11.6 Å². The predicted octanol–water partition coefficient (Wildman–Crippen LogP) is 5.38. The molecule has 0 saturated heterocycles. The van der Waals surface area contributed by atoms with Crippen molar-refractivity contribution in [1.29, 1.82) is 0 Å². The SMILES string of the molecule is O=[N+]([O-])c1c(Nc2ccc(Cl)cn2)ncnc1N(Cc1ccccc1)Cc1ccccc1. The zero-order valence-corrected chi connectivity index (χ0v) is 17.7. The molecule has 0 radical (unpaired) electrons. The van der Waals surface area contributed by atoms with Gasteiger partial charge >= 0.3 is 5.69 Å². The predicted molar refractivity (Wildman–Crippen MR) is 124 cm³/mol. The summed E-state index contributed by atoms with van der Waals surface area (Å²) in [6, 6.07) is 22.8. The van der Waals surface area contributed by atoms with Crippen molar-refractivity contribution in [3.63, 3.8) is 0 Å². The van der Waals surface area contributed by atoms with Gasteiger partial charge in [-0.2, -0.15) is 0 Å². The zero-order valence-electron chi connectivity index (χ0n) is 16.9. The molecule has 8 nitrogen and oxygen atoms in total. The molecule has 4 aromatic rings. The maximum atomic E-state index is 12.1. The van der Waals surface area contributed by atoms with Crippen LogP contribution in [0.2, 0.25) is 5.02 Å². The van der Waals surface area contributed by atoms with Crippen LogP contribution in [0.1, 0.15) is 11.1 Å². The molecule has 1 N–H and O–H groups in total. The Morgan fingerprint density at radius 1 is 0.875 bits per heavy atom. The van der Waals surface area contributed by atoms with E-state index in [0.717, 1.165) is 11.1 Å². The Morgan fingerprint density at radius 2 is 1.50 bits per heavy atom. The van der Waals surface area contributed by atoms with Crippen molar-refractivity contribution in [3.8, 4) is 0 Å². The molecule has 0 aliphatic heterocycles. The molecular formula is C23H19ClN6O2. The molecule has 32 heavy (non-hydrogen) atoms. The number of rotatable bonds is 8. The first-order chi connectivity index (χ1) is 15.6. The average molecular weight is 447 g/mol. The van der Waals surface area contributed by atoms with E-state index >= 15 is 0 Å². The topological polar surface area (TPSA) is 97.1 Å². The van der Waals surface area contributed by atoms with Crippen molar-refractivity contribution in [1.82, 2.24) is 15.0 Å².